The van der Waals surface area contributed by atoms with Crippen molar-refractivity contribution in [2.75, 3.05) is 0 Å². The van der Waals surface area contributed by atoms with E-state index < -0.39 is 18.1 Å². The number of carboxylic acids is 1. The largest absolute Gasteiger partial charge is 0.573 e. The number of alkyl halides is 3. The lowest BCUT2D eigenvalue weighted by Gasteiger charge is -2.13. The average Bonchev–Trinajstić information content (AvgIpc) is 3.33. The van der Waals surface area contributed by atoms with Crippen molar-refractivity contribution in [3.8, 4) is 17.2 Å². The predicted molar refractivity (Wildman–Crippen MR) is 81.4 cm³/mol. The Morgan fingerprint density at radius 2 is 1.96 bits per heavy atom. The van der Waals surface area contributed by atoms with Crippen molar-refractivity contribution in [3.63, 3.8) is 0 Å². The van der Waals surface area contributed by atoms with Gasteiger partial charge in [0.05, 0.1) is 5.02 Å². The minimum absolute atomic E-state index is 0.0463. The number of rotatable bonds is 5. The summed E-state index contributed by atoms with van der Waals surface area (Å²) in [6.45, 7) is 0. The molecule has 0 amide bonds. The second-order valence-electron chi connectivity index (χ2n) is 5.43. The quantitative estimate of drug-likeness (QED) is 0.798. The number of hydrogen-bond acceptors (Lipinski definition) is 4. The molecule has 1 aromatic heterocycles. The van der Waals surface area contributed by atoms with Crippen molar-refractivity contribution in [2.45, 2.75) is 25.1 Å². The zero-order valence-electron chi connectivity index (χ0n) is 12.5. The number of carbonyl (C=O) groups is 1. The van der Waals surface area contributed by atoms with Crippen molar-refractivity contribution >= 4 is 17.6 Å². The van der Waals surface area contributed by atoms with E-state index in [-0.39, 0.29) is 28.0 Å². The highest BCUT2D eigenvalue weighted by Gasteiger charge is 2.32. The third-order valence-electron chi connectivity index (χ3n) is 3.47. The second-order valence-corrected chi connectivity index (χ2v) is 5.83. The fraction of sp³-hybridized carbons (Fsp3) is 0.250. The monoisotopic (exact) mass is 373 g/mol. The Morgan fingerprint density at radius 1 is 1.24 bits per heavy atom. The minimum atomic E-state index is -4.87. The molecule has 0 spiro atoms. The summed E-state index contributed by atoms with van der Waals surface area (Å²) in [6, 6.07) is 4.84. The van der Waals surface area contributed by atoms with E-state index in [0.717, 1.165) is 25.0 Å². The van der Waals surface area contributed by atoms with Crippen LogP contribution in [0.5, 0.6) is 17.2 Å². The maximum atomic E-state index is 12.3. The summed E-state index contributed by atoms with van der Waals surface area (Å²) in [6.07, 6.45) is -1.73. The molecule has 5 nitrogen and oxygen atoms in total. The van der Waals surface area contributed by atoms with Crippen LogP contribution in [-0.2, 0) is 0 Å². The molecule has 0 saturated heterocycles. The minimum Gasteiger partial charge on any atom is -0.477 e. The molecular weight excluding hydrogens is 363 g/mol. The Kier molecular flexibility index (Phi) is 4.47. The molecule has 0 unspecified atom stereocenters. The summed E-state index contributed by atoms with van der Waals surface area (Å²) in [5.41, 5.74) is 0.555. The topological polar surface area (TPSA) is 68.7 Å². The van der Waals surface area contributed by atoms with Crippen molar-refractivity contribution in [2.24, 2.45) is 0 Å². The summed E-state index contributed by atoms with van der Waals surface area (Å²) >= 11 is 5.76. The van der Waals surface area contributed by atoms with Crippen molar-refractivity contribution < 1.29 is 32.5 Å². The van der Waals surface area contributed by atoms with E-state index in [2.05, 4.69) is 9.72 Å². The van der Waals surface area contributed by atoms with Crippen LogP contribution < -0.4 is 9.47 Å². The Labute approximate surface area is 145 Å². The van der Waals surface area contributed by atoms with Crippen LogP contribution in [0.25, 0.3) is 0 Å². The average molecular weight is 374 g/mol. The predicted octanol–water partition coefficient (Wildman–Crippen LogP) is 5.00. The molecule has 1 N–H and O–H groups in total. The molecule has 132 valence electrons. The number of aromatic nitrogens is 1. The fourth-order valence-corrected chi connectivity index (χ4v) is 2.39. The smallest absolute Gasteiger partial charge is 0.477 e. The molecule has 9 heteroatoms. The van der Waals surface area contributed by atoms with Crippen LogP contribution in [0.4, 0.5) is 13.2 Å². The van der Waals surface area contributed by atoms with E-state index in [1.165, 1.54) is 18.3 Å². The summed E-state index contributed by atoms with van der Waals surface area (Å²) in [7, 11) is 0. The maximum absolute atomic E-state index is 12.3. The van der Waals surface area contributed by atoms with Crippen molar-refractivity contribution in [3.05, 3.63) is 46.7 Å². The fourth-order valence-electron chi connectivity index (χ4n) is 2.18. The standard InChI is InChI=1S/C16H11ClF3NO4/c17-11-5-9(3-4-13(11)25-16(18,19)20)24-14-6-12(8-1-2-8)21-7-10(14)15(22)23/h3-8H,1-2H2,(H,22,23). The highest BCUT2D eigenvalue weighted by Crippen LogP contribution is 2.41. The molecule has 0 atom stereocenters. The number of pyridine rings is 1. The van der Waals surface area contributed by atoms with Gasteiger partial charge in [0.2, 0.25) is 0 Å². The zero-order chi connectivity index (χ0) is 18.2. The molecule has 1 saturated carbocycles. The SMILES string of the molecule is O=C(O)c1cnc(C2CC2)cc1Oc1ccc(OC(F)(F)F)c(Cl)c1. The first-order chi connectivity index (χ1) is 11.7. The van der Waals surface area contributed by atoms with Crippen molar-refractivity contribution in [1.29, 1.82) is 0 Å². The lowest BCUT2D eigenvalue weighted by molar-refractivity contribution is -0.274. The van der Waals surface area contributed by atoms with Crippen molar-refractivity contribution in [1.82, 2.24) is 4.98 Å². The normalized spacial score (nSPS) is 14.2. The molecule has 25 heavy (non-hydrogen) atoms. The Hall–Kier alpha value is -2.48. The van der Waals surface area contributed by atoms with Gasteiger partial charge in [0.25, 0.3) is 0 Å². The van der Waals surface area contributed by atoms with Gasteiger partial charge in [-0.25, -0.2) is 4.79 Å². The second kappa shape index (κ2) is 6.44. The number of hydrogen-bond donors (Lipinski definition) is 1. The van der Waals surface area contributed by atoms with Crippen LogP contribution >= 0.6 is 11.6 Å². The highest BCUT2D eigenvalue weighted by atomic mass is 35.5. The van der Waals surface area contributed by atoms with Gasteiger partial charge in [0, 0.05) is 29.9 Å². The Bertz CT molecular complexity index is 822. The molecule has 0 aliphatic heterocycles. The highest BCUT2D eigenvalue weighted by molar-refractivity contribution is 6.32. The van der Waals surface area contributed by atoms with Crippen LogP contribution in [0.15, 0.2) is 30.5 Å². The van der Waals surface area contributed by atoms with Gasteiger partial charge in [-0.15, -0.1) is 13.2 Å². The van der Waals surface area contributed by atoms with E-state index in [9.17, 15) is 23.1 Å². The summed E-state index contributed by atoms with van der Waals surface area (Å²) in [5.74, 6) is -1.40. The molecule has 2 aromatic rings. The van der Waals surface area contributed by atoms with Crippen LogP contribution in [-0.4, -0.2) is 22.4 Å². The number of nitrogens with zero attached hydrogens (tertiary/aromatic N) is 1. The number of ether oxygens (including phenoxy) is 2. The molecule has 3 rings (SSSR count). The molecule has 1 aliphatic carbocycles. The molecule has 1 fully saturated rings. The summed E-state index contributed by atoms with van der Waals surface area (Å²) in [5, 5.41) is 8.91. The molecular formula is C16H11ClF3NO4. The number of aromatic carboxylic acids is 1. The Morgan fingerprint density at radius 3 is 2.52 bits per heavy atom. The maximum Gasteiger partial charge on any atom is 0.573 e. The van der Waals surface area contributed by atoms with Gasteiger partial charge in [-0.2, -0.15) is 0 Å². The lowest BCUT2D eigenvalue weighted by atomic mass is 10.2. The van der Waals surface area contributed by atoms with Gasteiger partial charge in [0.1, 0.15) is 22.8 Å². The van der Waals surface area contributed by atoms with E-state index >= 15 is 0 Å². The molecule has 1 heterocycles. The van der Waals surface area contributed by atoms with Crippen LogP contribution in [0.1, 0.15) is 34.8 Å². The first-order valence-corrected chi connectivity index (χ1v) is 7.57. The molecule has 1 aliphatic rings. The summed E-state index contributed by atoms with van der Waals surface area (Å²) < 4.78 is 46.0. The Balaban J connectivity index is 1.87. The number of carboxylic acid groups (broad SMARTS) is 1. The van der Waals surface area contributed by atoms with E-state index in [0.29, 0.717) is 5.69 Å². The lowest BCUT2D eigenvalue weighted by Crippen LogP contribution is -2.17. The van der Waals surface area contributed by atoms with Gasteiger partial charge in [0.15, 0.2) is 0 Å². The third kappa shape index (κ3) is 4.33. The molecule has 0 radical (unpaired) electrons. The van der Waals surface area contributed by atoms with Gasteiger partial charge in [-0.1, -0.05) is 11.6 Å². The van der Waals surface area contributed by atoms with Gasteiger partial charge < -0.3 is 14.6 Å². The number of benzene rings is 1. The molecule has 1 aromatic carbocycles. The molecule has 0 bridgehead atoms. The van der Waals surface area contributed by atoms with E-state index in [1.807, 2.05) is 0 Å². The van der Waals surface area contributed by atoms with Gasteiger partial charge in [-0.05, 0) is 25.0 Å². The van der Waals surface area contributed by atoms with Gasteiger partial charge >= 0.3 is 12.3 Å². The third-order valence-corrected chi connectivity index (χ3v) is 3.77. The van der Waals surface area contributed by atoms with Gasteiger partial charge in [-0.3, -0.25) is 4.98 Å². The van der Waals surface area contributed by atoms with E-state index in [1.54, 1.807) is 0 Å². The first-order valence-electron chi connectivity index (χ1n) is 7.19. The van der Waals surface area contributed by atoms with Crippen LogP contribution in [0.3, 0.4) is 0 Å². The summed E-state index contributed by atoms with van der Waals surface area (Å²) in [4.78, 5) is 15.4. The number of halogens is 4. The van der Waals surface area contributed by atoms with Crippen LogP contribution in [0, 0.1) is 0 Å². The van der Waals surface area contributed by atoms with E-state index in [4.69, 9.17) is 16.3 Å². The van der Waals surface area contributed by atoms with Crippen LogP contribution in [0.2, 0.25) is 5.02 Å². The zero-order valence-corrected chi connectivity index (χ0v) is 13.3. The first kappa shape index (κ1) is 17.3.